The molecule has 3 aromatic rings. The molecule has 1 fully saturated rings. The third-order valence-corrected chi connectivity index (χ3v) is 5.83. The number of carbonyl (C=O) groups excluding carboxylic acids is 1. The molecule has 0 saturated carbocycles. The van der Waals surface area contributed by atoms with Crippen molar-refractivity contribution in [2.24, 2.45) is 0 Å². The molecule has 140 valence electrons. The molecule has 0 spiro atoms. The number of methoxy groups -OCH3 is 1. The maximum absolute atomic E-state index is 13.3. The standard InChI is InChI=1S/C20H19ClN2O3S/c1-25-16-8-3-9-17-18(16)22-20(27-17)23(12-15-7-4-10-26-15)19(24)13-5-2-6-14(21)11-13/h2-3,5-6,8-9,11,15H,4,7,10,12H2,1H3. The number of halogens is 1. The number of hydrogen-bond acceptors (Lipinski definition) is 5. The summed E-state index contributed by atoms with van der Waals surface area (Å²) in [6.45, 7) is 1.20. The molecular weight excluding hydrogens is 384 g/mol. The quantitative estimate of drug-likeness (QED) is 0.616. The monoisotopic (exact) mass is 402 g/mol. The van der Waals surface area contributed by atoms with E-state index >= 15 is 0 Å². The van der Waals surface area contributed by atoms with E-state index in [1.165, 1.54) is 11.3 Å². The molecule has 0 aliphatic carbocycles. The zero-order valence-corrected chi connectivity index (χ0v) is 16.4. The van der Waals surface area contributed by atoms with Gasteiger partial charge in [0, 0.05) is 17.2 Å². The van der Waals surface area contributed by atoms with Gasteiger partial charge in [0.2, 0.25) is 0 Å². The van der Waals surface area contributed by atoms with Gasteiger partial charge in [0.25, 0.3) is 5.91 Å². The number of anilines is 1. The van der Waals surface area contributed by atoms with E-state index in [0.29, 0.717) is 28.0 Å². The van der Waals surface area contributed by atoms with Crippen molar-refractivity contribution in [1.29, 1.82) is 0 Å². The van der Waals surface area contributed by atoms with Crippen LogP contribution in [0, 0.1) is 0 Å². The summed E-state index contributed by atoms with van der Waals surface area (Å²) in [4.78, 5) is 19.7. The van der Waals surface area contributed by atoms with Crippen LogP contribution in [-0.4, -0.2) is 37.3 Å². The molecule has 0 N–H and O–H groups in total. The molecule has 1 aliphatic heterocycles. The molecule has 0 bridgehead atoms. The summed E-state index contributed by atoms with van der Waals surface area (Å²) in [6.07, 6.45) is 1.97. The van der Waals surface area contributed by atoms with Crippen molar-refractivity contribution in [3.63, 3.8) is 0 Å². The zero-order valence-electron chi connectivity index (χ0n) is 14.9. The van der Waals surface area contributed by atoms with Crippen molar-refractivity contribution in [2.45, 2.75) is 18.9 Å². The van der Waals surface area contributed by atoms with Gasteiger partial charge in [-0.1, -0.05) is 35.1 Å². The van der Waals surface area contributed by atoms with E-state index in [1.807, 2.05) is 18.2 Å². The van der Waals surface area contributed by atoms with E-state index in [9.17, 15) is 4.79 Å². The molecule has 2 heterocycles. The third-order valence-electron chi connectivity index (χ3n) is 4.55. The second-order valence-electron chi connectivity index (χ2n) is 6.36. The first-order valence-corrected chi connectivity index (χ1v) is 9.98. The number of aromatic nitrogens is 1. The highest BCUT2D eigenvalue weighted by atomic mass is 35.5. The van der Waals surface area contributed by atoms with Crippen LogP contribution >= 0.6 is 22.9 Å². The first kappa shape index (κ1) is 18.2. The number of ether oxygens (including phenoxy) is 2. The molecule has 1 atom stereocenters. The van der Waals surface area contributed by atoms with Gasteiger partial charge in [-0.3, -0.25) is 9.69 Å². The topological polar surface area (TPSA) is 51.7 Å². The average Bonchev–Trinajstić information content (AvgIpc) is 3.34. The first-order chi connectivity index (χ1) is 13.2. The van der Waals surface area contributed by atoms with Gasteiger partial charge in [-0.25, -0.2) is 4.98 Å². The number of para-hydroxylation sites is 1. The highest BCUT2D eigenvalue weighted by Gasteiger charge is 2.27. The zero-order chi connectivity index (χ0) is 18.8. The van der Waals surface area contributed by atoms with Crippen LogP contribution in [0.2, 0.25) is 5.02 Å². The van der Waals surface area contributed by atoms with Gasteiger partial charge in [-0.05, 0) is 43.2 Å². The van der Waals surface area contributed by atoms with Crippen molar-refractivity contribution in [3.05, 3.63) is 53.1 Å². The fraction of sp³-hybridized carbons (Fsp3) is 0.300. The number of nitrogens with zero attached hydrogens (tertiary/aromatic N) is 2. The Morgan fingerprint density at radius 2 is 2.22 bits per heavy atom. The van der Waals surface area contributed by atoms with Crippen molar-refractivity contribution in [2.75, 3.05) is 25.2 Å². The van der Waals surface area contributed by atoms with E-state index in [1.54, 1.807) is 36.3 Å². The summed E-state index contributed by atoms with van der Waals surface area (Å²) in [7, 11) is 1.62. The van der Waals surface area contributed by atoms with E-state index in [0.717, 1.165) is 29.7 Å². The van der Waals surface area contributed by atoms with Crippen LogP contribution in [0.25, 0.3) is 10.2 Å². The Hall–Kier alpha value is -2.15. The normalized spacial score (nSPS) is 16.6. The predicted molar refractivity (Wildman–Crippen MR) is 108 cm³/mol. The van der Waals surface area contributed by atoms with Crippen LogP contribution in [0.4, 0.5) is 5.13 Å². The fourth-order valence-corrected chi connectivity index (χ4v) is 4.39. The highest BCUT2D eigenvalue weighted by Crippen LogP contribution is 2.35. The molecule has 1 amide bonds. The Kier molecular flexibility index (Phi) is 5.29. The lowest BCUT2D eigenvalue weighted by Crippen LogP contribution is -2.37. The van der Waals surface area contributed by atoms with E-state index < -0.39 is 0 Å². The summed E-state index contributed by atoms with van der Waals surface area (Å²) in [5.41, 5.74) is 1.29. The van der Waals surface area contributed by atoms with Gasteiger partial charge < -0.3 is 9.47 Å². The lowest BCUT2D eigenvalue weighted by atomic mass is 10.2. The Labute approximate surface area is 166 Å². The van der Waals surface area contributed by atoms with Gasteiger partial charge in [-0.2, -0.15) is 0 Å². The molecule has 7 heteroatoms. The minimum Gasteiger partial charge on any atom is -0.494 e. The molecule has 0 radical (unpaired) electrons. The molecule has 1 saturated heterocycles. The summed E-state index contributed by atoms with van der Waals surface area (Å²) >= 11 is 7.56. The van der Waals surface area contributed by atoms with Gasteiger partial charge >= 0.3 is 0 Å². The molecule has 4 rings (SSSR count). The number of rotatable bonds is 5. The fourth-order valence-electron chi connectivity index (χ4n) is 3.21. The van der Waals surface area contributed by atoms with Crippen LogP contribution in [0.3, 0.4) is 0 Å². The number of thiazole rings is 1. The summed E-state index contributed by atoms with van der Waals surface area (Å²) in [5, 5.41) is 1.17. The maximum atomic E-state index is 13.3. The molecule has 1 aliphatic rings. The van der Waals surface area contributed by atoms with Crippen LogP contribution in [-0.2, 0) is 4.74 Å². The van der Waals surface area contributed by atoms with Crippen molar-refractivity contribution in [3.8, 4) is 5.75 Å². The van der Waals surface area contributed by atoms with Gasteiger partial charge in [-0.15, -0.1) is 0 Å². The number of fused-ring (bicyclic) bond motifs is 1. The minimum absolute atomic E-state index is 0.0158. The third kappa shape index (κ3) is 3.78. The van der Waals surface area contributed by atoms with Gasteiger partial charge in [0.15, 0.2) is 5.13 Å². The summed E-state index contributed by atoms with van der Waals surface area (Å²) in [5.74, 6) is 0.563. The summed E-state index contributed by atoms with van der Waals surface area (Å²) in [6, 6.07) is 12.8. The largest absolute Gasteiger partial charge is 0.494 e. The Morgan fingerprint density at radius 3 is 2.96 bits per heavy atom. The molecular formula is C20H19ClN2O3S. The van der Waals surface area contributed by atoms with E-state index in [2.05, 4.69) is 0 Å². The molecule has 27 heavy (non-hydrogen) atoms. The molecule has 1 aromatic heterocycles. The average molecular weight is 403 g/mol. The lowest BCUT2D eigenvalue weighted by Gasteiger charge is -2.23. The second-order valence-corrected chi connectivity index (χ2v) is 7.81. The second kappa shape index (κ2) is 7.84. The Balaban J connectivity index is 1.74. The Morgan fingerprint density at radius 1 is 1.37 bits per heavy atom. The van der Waals surface area contributed by atoms with E-state index in [-0.39, 0.29) is 12.0 Å². The number of amides is 1. The molecule has 1 unspecified atom stereocenters. The predicted octanol–water partition coefficient (Wildman–Crippen LogP) is 4.78. The summed E-state index contributed by atoms with van der Waals surface area (Å²) < 4.78 is 12.2. The van der Waals surface area contributed by atoms with Crippen LogP contribution < -0.4 is 9.64 Å². The highest BCUT2D eigenvalue weighted by molar-refractivity contribution is 7.22. The van der Waals surface area contributed by atoms with Crippen molar-refractivity contribution < 1.29 is 14.3 Å². The molecule has 2 aromatic carbocycles. The molecule has 5 nitrogen and oxygen atoms in total. The van der Waals surface area contributed by atoms with Crippen LogP contribution in [0.1, 0.15) is 23.2 Å². The lowest BCUT2D eigenvalue weighted by molar-refractivity contribution is 0.0917. The number of benzene rings is 2. The Bertz CT molecular complexity index is 969. The van der Waals surface area contributed by atoms with Crippen LogP contribution in [0.5, 0.6) is 5.75 Å². The SMILES string of the molecule is COc1cccc2sc(N(CC3CCCO3)C(=O)c3cccc(Cl)c3)nc12. The minimum atomic E-state index is -0.133. The van der Waals surface area contributed by atoms with Crippen LogP contribution in [0.15, 0.2) is 42.5 Å². The van der Waals surface area contributed by atoms with Gasteiger partial charge in [0.1, 0.15) is 11.3 Å². The van der Waals surface area contributed by atoms with Crippen molar-refractivity contribution in [1.82, 2.24) is 4.98 Å². The van der Waals surface area contributed by atoms with Gasteiger partial charge in [0.05, 0.1) is 24.5 Å². The van der Waals surface area contributed by atoms with E-state index in [4.69, 9.17) is 26.1 Å². The maximum Gasteiger partial charge on any atom is 0.260 e. The smallest absolute Gasteiger partial charge is 0.260 e. The number of carbonyl (C=O) groups is 1. The van der Waals surface area contributed by atoms with Crippen molar-refractivity contribution >= 4 is 44.2 Å². The number of hydrogen-bond donors (Lipinski definition) is 0. The first-order valence-electron chi connectivity index (χ1n) is 8.78.